The number of carbonyl (C=O) groups is 3. The van der Waals surface area contributed by atoms with Crippen LogP contribution in [0.3, 0.4) is 0 Å². The average molecular weight is 346 g/mol. The molecule has 132 valence electrons. The number of carbonyl (C=O) groups excluding carboxylic acids is 3. The fraction of sp³-hybridized carbons (Fsp3) is 0.294. The molecule has 1 heterocycles. The van der Waals surface area contributed by atoms with E-state index in [1.807, 2.05) is 19.2 Å². The Hall–Kier alpha value is -3.16. The number of esters is 1. The predicted molar refractivity (Wildman–Crippen MR) is 89.3 cm³/mol. The minimum Gasteiger partial charge on any atom is -0.450 e. The van der Waals surface area contributed by atoms with Crippen molar-refractivity contribution in [1.82, 2.24) is 10.6 Å². The summed E-state index contributed by atoms with van der Waals surface area (Å²) < 4.78 is 10.1. The first-order valence-electron chi connectivity index (χ1n) is 7.70. The summed E-state index contributed by atoms with van der Waals surface area (Å²) >= 11 is 0. The summed E-state index contributed by atoms with van der Waals surface area (Å²) in [7, 11) is 0. The van der Waals surface area contributed by atoms with Gasteiger partial charge in [0.2, 0.25) is 5.76 Å². The van der Waals surface area contributed by atoms with Crippen molar-refractivity contribution in [2.24, 2.45) is 0 Å². The second kappa shape index (κ2) is 8.09. The normalized spacial score (nSPS) is 10.3. The molecule has 0 saturated heterocycles. The van der Waals surface area contributed by atoms with Gasteiger partial charge in [-0.1, -0.05) is 18.6 Å². The van der Waals surface area contributed by atoms with Crippen molar-refractivity contribution >= 4 is 28.9 Å². The van der Waals surface area contributed by atoms with Crippen LogP contribution in [-0.4, -0.2) is 31.1 Å². The van der Waals surface area contributed by atoms with Crippen molar-refractivity contribution in [1.29, 1.82) is 0 Å². The maximum absolute atomic E-state index is 12.0. The third-order valence-electron chi connectivity index (χ3n) is 3.21. The van der Waals surface area contributed by atoms with Crippen molar-refractivity contribution in [2.45, 2.75) is 20.3 Å². The average Bonchev–Trinajstić information content (AvgIpc) is 2.58. The Morgan fingerprint density at radius 3 is 2.68 bits per heavy atom. The molecule has 0 aliphatic rings. The number of benzene rings is 1. The molecule has 0 fully saturated rings. The summed E-state index contributed by atoms with van der Waals surface area (Å²) in [6.07, 6.45) is 0.719. The third kappa shape index (κ3) is 4.90. The number of fused-ring (bicyclic) bond motifs is 1. The minimum absolute atomic E-state index is 0.244. The van der Waals surface area contributed by atoms with E-state index >= 15 is 0 Å². The second-order valence-corrected chi connectivity index (χ2v) is 5.35. The summed E-state index contributed by atoms with van der Waals surface area (Å²) in [5.41, 5.74) is 0.738. The largest absolute Gasteiger partial charge is 0.450 e. The smallest absolute Gasteiger partial charge is 0.374 e. The van der Waals surface area contributed by atoms with Crippen molar-refractivity contribution in [3.8, 4) is 0 Å². The Bertz CT molecular complexity index is 871. The number of rotatable bonds is 5. The van der Waals surface area contributed by atoms with Crippen LogP contribution in [-0.2, 0) is 9.53 Å². The van der Waals surface area contributed by atoms with E-state index in [-0.39, 0.29) is 16.8 Å². The van der Waals surface area contributed by atoms with Gasteiger partial charge in [-0.3, -0.25) is 14.9 Å². The van der Waals surface area contributed by atoms with Gasteiger partial charge >= 0.3 is 12.0 Å². The summed E-state index contributed by atoms with van der Waals surface area (Å²) in [6, 6.07) is 5.31. The van der Waals surface area contributed by atoms with Gasteiger partial charge in [0.25, 0.3) is 5.91 Å². The molecule has 1 aromatic heterocycles. The Balaban J connectivity index is 2.00. The molecule has 0 spiro atoms. The van der Waals surface area contributed by atoms with Gasteiger partial charge in [-0.05, 0) is 25.5 Å². The number of imide groups is 1. The molecular weight excluding hydrogens is 328 g/mol. The molecule has 0 saturated carbocycles. The lowest BCUT2D eigenvalue weighted by atomic mass is 10.1. The zero-order valence-corrected chi connectivity index (χ0v) is 13.9. The maximum Gasteiger partial charge on any atom is 0.374 e. The summed E-state index contributed by atoms with van der Waals surface area (Å²) in [4.78, 5) is 46.8. The summed E-state index contributed by atoms with van der Waals surface area (Å²) in [6.45, 7) is 3.44. The van der Waals surface area contributed by atoms with Crippen LogP contribution < -0.4 is 16.1 Å². The van der Waals surface area contributed by atoms with Gasteiger partial charge in [-0.15, -0.1) is 0 Å². The number of hydrogen-bond donors (Lipinski definition) is 2. The monoisotopic (exact) mass is 346 g/mol. The van der Waals surface area contributed by atoms with E-state index in [0.717, 1.165) is 18.1 Å². The highest BCUT2D eigenvalue weighted by Gasteiger charge is 2.16. The first-order valence-corrected chi connectivity index (χ1v) is 7.70. The first-order chi connectivity index (χ1) is 11.9. The van der Waals surface area contributed by atoms with E-state index in [9.17, 15) is 19.2 Å². The lowest BCUT2D eigenvalue weighted by molar-refractivity contribution is -0.123. The lowest BCUT2D eigenvalue weighted by Crippen LogP contribution is -2.41. The topological polar surface area (TPSA) is 115 Å². The van der Waals surface area contributed by atoms with Crippen LogP contribution in [0.4, 0.5) is 4.79 Å². The van der Waals surface area contributed by atoms with E-state index in [0.29, 0.717) is 11.9 Å². The van der Waals surface area contributed by atoms with Crippen molar-refractivity contribution in [2.75, 3.05) is 13.2 Å². The Morgan fingerprint density at radius 1 is 1.20 bits per heavy atom. The van der Waals surface area contributed by atoms with Crippen LogP contribution in [0.5, 0.6) is 0 Å². The van der Waals surface area contributed by atoms with Crippen molar-refractivity contribution in [3.05, 3.63) is 45.8 Å². The number of ether oxygens (including phenoxy) is 1. The van der Waals surface area contributed by atoms with E-state index in [1.54, 1.807) is 18.2 Å². The predicted octanol–water partition coefficient (Wildman–Crippen LogP) is 1.49. The highest BCUT2D eigenvalue weighted by Crippen LogP contribution is 2.14. The molecule has 0 bridgehead atoms. The van der Waals surface area contributed by atoms with Crippen LogP contribution in [0, 0.1) is 6.92 Å². The molecule has 2 aromatic rings. The molecule has 2 N–H and O–H groups in total. The van der Waals surface area contributed by atoms with E-state index in [4.69, 9.17) is 9.15 Å². The number of aryl methyl sites for hydroxylation is 1. The van der Waals surface area contributed by atoms with Gasteiger partial charge in [0, 0.05) is 12.6 Å². The Kier molecular flexibility index (Phi) is 5.89. The molecule has 0 atom stereocenters. The zero-order chi connectivity index (χ0) is 18.4. The van der Waals surface area contributed by atoms with Crippen molar-refractivity contribution < 1.29 is 23.5 Å². The van der Waals surface area contributed by atoms with Gasteiger partial charge in [-0.2, -0.15) is 0 Å². The SMILES string of the molecule is CCCNC(=O)NC(=O)COC(=O)c1cc(=O)c2cc(C)ccc2o1. The van der Waals surface area contributed by atoms with Gasteiger partial charge in [-0.25, -0.2) is 9.59 Å². The zero-order valence-electron chi connectivity index (χ0n) is 13.9. The van der Waals surface area contributed by atoms with E-state index < -0.39 is 24.5 Å². The minimum atomic E-state index is -0.969. The fourth-order valence-corrected chi connectivity index (χ4v) is 2.02. The summed E-state index contributed by atoms with van der Waals surface area (Å²) in [5, 5.41) is 4.80. The van der Waals surface area contributed by atoms with Gasteiger partial charge in [0.05, 0.1) is 5.39 Å². The molecule has 0 aliphatic carbocycles. The number of hydrogen-bond acceptors (Lipinski definition) is 6. The highest BCUT2D eigenvalue weighted by atomic mass is 16.5. The van der Waals surface area contributed by atoms with Gasteiger partial charge in [0.15, 0.2) is 12.0 Å². The molecule has 25 heavy (non-hydrogen) atoms. The van der Waals surface area contributed by atoms with Crippen LogP contribution in [0.2, 0.25) is 0 Å². The summed E-state index contributed by atoms with van der Waals surface area (Å²) in [5.74, 6) is -2.08. The quantitative estimate of drug-likeness (QED) is 0.793. The standard InChI is InChI=1S/C17H18N2O6/c1-3-6-18-17(23)19-15(21)9-24-16(22)14-8-12(20)11-7-10(2)4-5-13(11)25-14/h4-5,7-8H,3,6,9H2,1-2H3,(H2,18,19,21,23). The van der Waals surface area contributed by atoms with Crippen LogP contribution in [0.25, 0.3) is 11.0 Å². The second-order valence-electron chi connectivity index (χ2n) is 5.35. The number of nitrogens with one attached hydrogen (secondary N) is 2. The number of urea groups is 1. The van der Waals surface area contributed by atoms with Crippen molar-refractivity contribution in [3.63, 3.8) is 0 Å². The molecule has 1 aromatic carbocycles. The molecular formula is C17H18N2O6. The third-order valence-corrected chi connectivity index (χ3v) is 3.21. The fourth-order valence-electron chi connectivity index (χ4n) is 2.02. The first kappa shape index (κ1) is 18.2. The molecule has 0 aliphatic heterocycles. The molecule has 3 amide bonds. The lowest BCUT2D eigenvalue weighted by Gasteiger charge is -2.07. The molecule has 8 nitrogen and oxygen atoms in total. The van der Waals surface area contributed by atoms with Crippen LogP contribution >= 0.6 is 0 Å². The Labute approximate surface area is 143 Å². The van der Waals surface area contributed by atoms with Gasteiger partial charge < -0.3 is 14.5 Å². The van der Waals surface area contributed by atoms with Gasteiger partial charge in [0.1, 0.15) is 5.58 Å². The van der Waals surface area contributed by atoms with E-state index in [2.05, 4.69) is 5.32 Å². The molecule has 0 radical (unpaired) electrons. The van der Waals surface area contributed by atoms with Crippen LogP contribution in [0.15, 0.2) is 33.5 Å². The molecule has 8 heteroatoms. The maximum atomic E-state index is 12.0. The van der Waals surface area contributed by atoms with Crippen LogP contribution in [0.1, 0.15) is 29.5 Å². The molecule has 2 rings (SSSR count). The Morgan fingerprint density at radius 2 is 1.96 bits per heavy atom. The number of amides is 3. The highest BCUT2D eigenvalue weighted by molar-refractivity contribution is 5.96. The molecule has 0 unspecified atom stereocenters. The van der Waals surface area contributed by atoms with E-state index in [1.165, 1.54) is 0 Å².